The molecule has 5 nitrogen and oxygen atoms in total. The molecule has 2 rings (SSSR count). The average Bonchev–Trinajstić information content (AvgIpc) is 2.81. The monoisotopic (exact) mass is 287 g/mol. The number of nitrogens with one attached hydrogen (secondary N) is 1. The summed E-state index contributed by atoms with van der Waals surface area (Å²) in [6, 6.07) is 0.310. The Morgan fingerprint density at radius 1 is 1.33 bits per heavy atom. The lowest BCUT2D eigenvalue weighted by molar-refractivity contribution is 0.848. The predicted octanol–water partition coefficient (Wildman–Crippen LogP) is 2.29. The van der Waals surface area contributed by atoms with Crippen molar-refractivity contribution in [3.8, 4) is 0 Å². The van der Waals surface area contributed by atoms with Gasteiger partial charge < -0.3 is 10.2 Å². The molecule has 0 saturated carbocycles. The van der Waals surface area contributed by atoms with Gasteiger partial charge in [0.15, 0.2) is 0 Å². The maximum absolute atomic E-state index is 5.95. The number of aromatic nitrogens is 3. The van der Waals surface area contributed by atoms with Crippen LogP contribution in [0.2, 0.25) is 5.28 Å². The van der Waals surface area contributed by atoms with Crippen LogP contribution in [-0.4, -0.2) is 46.1 Å². The molecule has 2 heterocycles. The van der Waals surface area contributed by atoms with Gasteiger partial charge in [-0.25, -0.2) is 0 Å². The summed E-state index contributed by atoms with van der Waals surface area (Å²) in [4.78, 5) is 14.9. The van der Waals surface area contributed by atoms with E-state index >= 15 is 0 Å². The van der Waals surface area contributed by atoms with Gasteiger partial charge in [0.1, 0.15) is 0 Å². The molecule has 0 bridgehead atoms. The zero-order valence-electron chi connectivity index (χ0n) is 10.7. The van der Waals surface area contributed by atoms with Gasteiger partial charge in [-0.05, 0) is 37.6 Å². The van der Waals surface area contributed by atoms with Gasteiger partial charge in [0.05, 0.1) is 0 Å². The van der Waals surface area contributed by atoms with E-state index < -0.39 is 0 Å². The summed E-state index contributed by atoms with van der Waals surface area (Å²) in [5.41, 5.74) is 0. The summed E-state index contributed by atoms with van der Waals surface area (Å²) in [6.45, 7) is 4.10. The molecule has 1 atom stereocenters. The first-order chi connectivity index (χ1) is 8.69. The number of thioether (sulfide) groups is 1. The van der Waals surface area contributed by atoms with Gasteiger partial charge in [-0.1, -0.05) is 0 Å². The molecular weight excluding hydrogens is 270 g/mol. The Balaban J connectivity index is 2.10. The van der Waals surface area contributed by atoms with Crippen LogP contribution in [0.5, 0.6) is 0 Å². The Morgan fingerprint density at radius 3 is 2.72 bits per heavy atom. The van der Waals surface area contributed by atoms with Crippen LogP contribution in [0.3, 0.4) is 0 Å². The Kier molecular flexibility index (Phi) is 4.88. The van der Waals surface area contributed by atoms with Crippen molar-refractivity contribution >= 4 is 35.3 Å². The second kappa shape index (κ2) is 6.43. The summed E-state index contributed by atoms with van der Waals surface area (Å²) < 4.78 is 0. The lowest BCUT2D eigenvalue weighted by atomic mass is 10.4. The normalized spacial score (nSPS) is 16.9. The molecular formula is C11H18ClN5S. The summed E-state index contributed by atoms with van der Waals surface area (Å²) in [5.74, 6) is 2.26. The smallest absolute Gasteiger partial charge is 0.231 e. The van der Waals surface area contributed by atoms with Crippen molar-refractivity contribution in [1.82, 2.24) is 15.0 Å². The van der Waals surface area contributed by atoms with E-state index in [0.717, 1.165) is 18.8 Å². The first-order valence-electron chi connectivity index (χ1n) is 6.11. The van der Waals surface area contributed by atoms with Crippen LogP contribution in [0.1, 0.15) is 19.8 Å². The fourth-order valence-corrected chi connectivity index (χ4v) is 2.71. The molecule has 0 aromatic carbocycles. The number of anilines is 2. The van der Waals surface area contributed by atoms with Crippen LogP contribution in [0.15, 0.2) is 0 Å². The van der Waals surface area contributed by atoms with Crippen LogP contribution in [0.25, 0.3) is 0 Å². The maximum Gasteiger partial charge on any atom is 0.231 e. The lowest BCUT2D eigenvalue weighted by Gasteiger charge is -2.17. The van der Waals surface area contributed by atoms with E-state index in [2.05, 4.69) is 38.3 Å². The van der Waals surface area contributed by atoms with Crippen LogP contribution in [0, 0.1) is 0 Å². The molecule has 1 saturated heterocycles. The highest BCUT2D eigenvalue weighted by Gasteiger charge is 2.17. The van der Waals surface area contributed by atoms with E-state index in [4.69, 9.17) is 11.6 Å². The van der Waals surface area contributed by atoms with Gasteiger partial charge in [0.25, 0.3) is 0 Å². The van der Waals surface area contributed by atoms with Crippen molar-refractivity contribution in [2.24, 2.45) is 0 Å². The van der Waals surface area contributed by atoms with Crippen molar-refractivity contribution in [2.45, 2.75) is 25.8 Å². The number of hydrogen-bond acceptors (Lipinski definition) is 6. The molecule has 0 spiro atoms. The third-order valence-corrected chi connectivity index (χ3v) is 3.78. The quantitative estimate of drug-likeness (QED) is 0.897. The largest absolute Gasteiger partial charge is 0.351 e. The fourth-order valence-electron chi connectivity index (χ4n) is 1.97. The minimum atomic E-state index is 0.255. The van der Waals surface area contributed by atoms with E-state index in [1.54, 1.807) is 11.8 Å². The third kappa shape index (κ3) is 3.62. The molecule has 18 heavy (non-hydrogen) atoms. The van der Waals surface area contributed by atoms with Crippen molar-refractivity contribution in [1.29, 1.82) is 0 Å². The van der Waals surface area contributed by atoms with Gasteiger partial charge in [-0.2, -0.15) is 26.7 Å². The summed E-state index contributed by atoms with van der Waals surface area (Å²) in [7, 11) is 0. The second-order valence-corrected chi connectivity index (χ2v) is 5.67. The Morgan fingerprint density at radius 2 is 2.06 bits per heavy atom. The molecule has 0 aliphatic carbocycles. The van der Waals surface area contributed by atoms with E-state index in [1.807, 2.05) is 0 Å². The van der Waals surface area contributed by atoms with Gasteiger partial charge in [-0.3, -0.25) is 0 Å². The van der Waals surface area contributed by atoms with Crippen LogP contribution >= 0.6 is 23.4 Å². The average molecular weight is 288 g/mol. The molecule has 0 radical (unpaired) electrons. The summed E-state index contributed by atoms with van der Waals surface area (Å²) >= 11 is 7.74. The third-order valence-electron chi connectivity index (χ3n) is 2.78. The molecule has 1 aliphatic rings. The Bertz CT molecular complexity index is 397. The highest BCUT2D eigenvalue weighted by Crippen LogP contribution is 2.19. The number of halogens is 1. The number of rotatable bonds is 5. The van der Waals surface area contributed by atoms with Crippen LogP contribution in [-0.2, 0) is 0 Å². The molecule has 1 aliphatic heterocycles. The predicted molar refractivity (Wildman–Crippen MR) is 77.8 cm³/mol. The fraction of sp³-hybridized carbons (Fsp3) is 0.727. The van der Waals surface area contributed by atoms with Crippen molar-refractivity contribution in [3.05, 3.63) is 5.28 Å². The lowest BCUT2D eigenvalue weighted by Crippen LogP contribution is -2.24. The minimum Gasteiger partial charge on any atom is -0.351 e. The SMILES string of the molecule is CSCC(C)Nc1nc(Cl)nc(N2CCCC2)n1. The van der Waals surface area contributed by atoms with Gasteiger partial charge in [0, 0.05) is 24.9 Å². The summed E-state index contributed by atoms with van der Waals surface area (Å²) in [5, 5.41) is 3.51. The maximum atomic E-state index is 5.95. The molecule has 1 N–H and O–H groups in total. The second-order valence-electron chi connectivity index (χ2n) is 4.42. The molecule has 100 valence electrons. The molecule has 1 fully saturated rings. The molecule has 1 unspecified atom stereocenters. The van der Waals surface area contributed by atoms with Gasteiger partial charge in [0.2, 0.25) is 17.2 Å². The zero-order valence-corrected chi connectivity index (χ0v) is 12.3. The van der Waals surface area contributed by atoms with E-state index in [-0.39, 0.29) is 5.28 Å². The Labute approximate surface area is 117 Å². The van der Waals surface area contributed by atoms with Crippen molar-refractivity contribution in [3.63, 3.8) is 0 Å². The molecule has 1 aromatic heterocycles. The molecule has 7 heteroatoms. The van der Waals surface area contributed by atoms with Crippen LogP contribution < -0.4 is 10.2 Å². The van der Waals surface area contributed by atoms with Crippen molar-refractivity contribution < 1.29 is 0 Å². The zero-order chi connectivity index (χ0) is 13.0. The Hall–Kier alpha value is -0.750. The van der Waals surface area contributed by atoms with Crippen LogP contribution in [0.4, 0.5) is 11.9 Å². The number of hydrogen-bond donors (Lipinski definition) is 1. The van der Waals surface area contributed by atoms with Gasteiger partial charge >= 0.3 is 0 Å². The minimum absolute atomic E-state index is 0.255. The van der Waals surface area contributed by atoms with E-state index in [9.17, 15) is 0 Å². The van der Waals surface area contributed by atoms with Gasteiger partial charge in [-0.15, -0.1) is 0 Å². The van der Waals surface area contributed by atoms with E-state index in [0.29, 0.717) is 17.9 Å². The highest BCUT2D eigenvalue weighted by atomic mass is 35.5. The standard InChI is InChI=1S/C11H18ClN5S/c1-8(7-18-2)13-10-14-9(12)15-11(16-10)17-5-3-4-6-17/h8H,3-7H2,1-2H3,(H,13,14,15,16). The molecule has 1 aromatic rings. The summed E-state index contributed by atoms with van der Waals surface area (Å²) in [6.07, 6.45) is 4.46. The molecule has 0 amide bonds. The highest BCUT2D eigenvalue weighted by molar-refractivity contribution is 7.98. The van der Waals surface area contributed by atoms with E-state index in [1.165, 1.54) is 12.8 Å². The first kappa shape index (κ1) is 13.7. The number of nitrogens with zero attached hydrogens (tertiary/aromatic N) is 4. The van der Waals surface area contributed by atoms with Crippen molar-refractivity contribution in [2.75, 3.05) is 35.3 Å². The topological polar surface area (TPSA) is 53.9 Å². The first-order valence-corrected chi connectivity index (χ1v) is 7.88.